The maximum absolute atomic E-state index is 11.1. The standard InChI is InChI=1S/C10H9NOS2/c1-14(12)9-4-2-8(3-5-9)10-11-6-7-13-10/h2-7H,1H3. The van der Waals surface area contributed by atoms with E-state index in [0.29, 0.717) is 0 Å². The fraction of sp³-hybridized carbons (Fsp3) is 0.100. The minimum atomic E-state index is -0.901. The molecule has 0 amide bonds. The van der Waals surface area contributed by atoms with Crippen LogP contribution >= 0.6 is 11.3 Å². The summed E-state index contributed by atoms with van der Waals surface area (Å²) in [7, 11) is -0.901. The minimum Gasteiger partial charge on any atom is -0.255 e. The van der Waals surface area contributed by atoms with Crippen LogP contribution in [0, 0.1) is 0 Å². The minimum absolute atomic E-state index is 0.852. The van der Waals surface area contributed by atoms with Crippen LogP contribution in [0.15, 0.2) is 40.7 Å². The van der Waals surface area contributed by atoms with Crippen LogP contribution in [0.2, 0.25) is 0 Å². The third-order valence-electron chi connectivity index (χ3n) is 1.87. The van der Waals surface area contributed by atoms with E-state index in [-0.39, 0.29) is 0 Å². The maximum Gasteiger partial charge on any atom is 0.123 e. The van der Waals surface area contributed by atoms with Crippen LogP contribution in [0.4, 0.5) is 0 Å². The molecule has 2 aromatic rings. The van der Waals surface area contributed by atoms with E-state index in [1.807, 2.05) is 29.6 Å². The largest absolute Gasteiger partial charge is 0.255 e. The first-order valence-corrected chi connectivity index (χ1v) is 6.54. The highest BCUT2D eigenvalue weighted by Gasteiger charge is 2.01. The molecule has 1 aromatic heterocycles. The van der Waals surface area contributed by atoms with Crippen molar-refractivity contribution in [2.45, 2.75) is 4.90 Å². The number of nitrogens with zero attached hydrogens (tertiary/aromatic N) is 1. The van der Waals surface area contributed by atoms with Gasteiger partial charge in [-0.25, -0.2) is 4.98 Å². The molecule has 2 rings (SSSR count). The Bertz CT molecular complexity index is 434. The number of hydrogen-bond acceptors (Lipinski definition) is 3. The molecule has 1 heterocycles. The Labute approximate surface area is 89.1 Å². The van der Waals surface area contributed by atoms with Gasteiger partial charge in [0.1, 0.15) is 5.01 Å². The summed E-state index contributed by atoms with van der Waals surface area (Å²) in [6.07, 6.45) is 3.46. The van der Waals surface area contributed by atoms with Crippen molar-refractivity contribution in [2.24, 2.45) is 0 Å². The zero-order valence-corrected chi connectivity index (χ0v) is 9.27. The molecular formula is C10H9NOS2. The van der Waals surface area contributed by atoms with Crippen molar-refractivity contribution >= 4 is 22.1 Å². The fourth-order valence-corrected chi connectivity index (χ4v) is 2.32. The first-order chi connectivity index (χ1) is 6.77. The van der Waals surface area contributed by atoms with Gasteiger partial charge in [0.25, 0.3) is 0 Å². The van der Waals surface area contributed by atoms with Crippen molar-refractivity contribution in [1.82, 2.24) is 4.98 Å². The molecule has 4 heteroatoms. The first kappa shape index (κ1) is 9.55. The predicted molar refractivity (Wildman–Crippen MR) is 59.9 cm³/mol. The van der Waals surface area contributed by atoms with Gasteiger partial charge in [-0.3, -0.25) is 4.21 Å². The molecule has 72 valence electrons. The van der Waals surface area contributed by atoms with Crippen molar-refractivity contribution in [2.75, 3.05) is 6.26 Å². The summed E-state index contributed by atoms with van der Waals surface area (Å²) in [6, 6.07) is 7.67. The van der Waals surface area contributed by atoms with Gasteiger partial charge in [-0.15, -0.1) is 11.3 Å². The van der Waals surface area contributed by atoms with E-state index in [1.165, 1.54) is 0 Å². The Balaban J connectivity index is 2.36. The maximum atomic E-state index is 11.1. The van der Waals surface area contributed by atoms with E-state index in [4.69, 9.17) is 0 Å². The van der Waals surface area contributed by atoms with Crippen LogP contribution in [-0.4, -0.2) is 15.4 Å². The zero-order valence-electron chi connectivity index (χ0n) is 7.64. The summed E-state index contributed by atoms with van der Waals surface area (Å²) in [5, 5.41) is 2.94. The highest BCUT2D eigenvalue weighted by Crippen LogP contribution is 2.22. The Hall–Kier alpha value is -1.00. The van der Waals surface area contributed by atoms with E-state index in [0.717, 1.165) is 15.5 Å². The van der Waals surface area contributed by atoms with E-state index < -0.39 is 10.8 Å². The molecule has 2 nitrogen and oxygen atoms in total. The molecule has 1 unspecified atom stereocenters. The molecule has 0 aliphatic rings. The van der Waals surface area contributed by atoms with Gasteiger partial charge in [-0.2, -0.15) is 0 Å². The topological polar surface area (TPSA) is 30.0 Å². The molecule has 14 heavy (non-hydrogen) atoms. The Kier molecular flexibility index (Phi) is 2.74. The van der Waals surface area contributed by atoms with E-state index in [9.17, 15) is 4.21 Å². The average molecular weight is 223 g/mol. The summed E-state index contributed by atoms with van der Waals surface area (Å²) < 4.78 is 11.1. The lowest BCUT2D eigenvalue weighted by Gasteiger charge is -1.98. The van der Waals surface area contributed by atoms with Gasteiger partial charge in [0.05, 0.1) is 0 Å². The van der Waals surface area contributed by atoms with E-state index >= 15 is 0 Å². The Morgan fingerprint density at radius 3 is 2.50 bits per heavy atom. The van der Waals surface area contributed by atoms with Crippen LogP contribution in [0.25, 0.3) is 10.6 Å². The van der Waals surface area contributed by atoms with Gasteiger partial charge in [-0.1, -0.05) is 12.1 Å². The zero-order chi connectivity index (χ0) is 9.97. The molecule has 0 fully saturated rings. The Morgan fingerprint density at radius 1 is 1.29 bits per heavy atom. The van der Waals surface area contributed by atoms with E-state index in [2.05, 4.69) is 4.98 Å². The lowest BCUT2D eigenvalue weighted by Crippen LogP contribution is -1.86. The quantitative estimate of drug-likeness (QED) is 0.783. The fourth-order valence-electron chi connectivity index (χ4n) is 1.16. The molecular weight excluding hydrogens is 214 g/mol. The highest BCUT2D eigenvalue weighted by atomic mass is 32.2. The lowest BCUT2D eigenvalue weighted by molar-refractivity contribution is 0.687. The molecule has 1 atom stereocenters. The van der Waals surface area contributed by atoms with Gasteiger partial charge in [0, 0.05) is 39.1 Å². The monoisotopic (exact) mass is 223 g/mol. The van der Waals surface area contributed by atoms with Gasteiger partial charge in [0.2, 0.25) is 0 Å². The first-order valence-electron chi connectivity index (χ1n) is 4.11. The van der Waals surface area contributed by atoms with Gasteiger partial charge < -0.3 is 0 Å². The molecule has 0 N–H and O–H groups in total. The smallest absolute Gasteiger partial charge is 0.123 e. The van der Waals surface area contributed by atoms with Crippen molar-refractivity contribution in [3.05, 3.63) is 35.8 Å². The number of benzene rings is 1. The Morgan fingerprint density at radius 2 is 2.00 bits per heavy atom. The molecule has 0 spiro atoms. The van der Waals surface area contributed by atoms with Crippen LogP contribution < -0.4 is 0 Å². The van der Waals surface area contributed by atoms with Gasteiger partial charge in [-0.05, 0) is 12.1 Å². The van der Waals surface area contributed by atoms with Crippen molar-refractivity contribution in [1.29, 1.82) is 0 Å². The number of thiazole rings is 1. The number of rotatable bonds is 2. The molecule has 0 saturated heterocycles. The second kappa shape index (κ2) is 4.02. The summed E-state index contributed by atoms with van der Waals surface area (Å²) in [5.41, 5.74) is 1.08. The van der Waals surface area contributed by atoms with Gasteiger partial charge in [0.15, 0.2) is 0 Å². The molecule has 1 aromatic carbocycles. The third-order valence-corrected chi connectivity index (χ3v) is 3.62. The van der Waals surface area contributed by atoms with E-state index in [1.54, 1.807) is 23.8 Å². The third kappa shape index (κ3) is 1.91. The molecule has 0 saturated carbocycles. The second-order valence-corrected chi connectivity index (χ2v) is 5.09. The lowest BCUT2D eigenvalue weighted by atomic mass is 10.2. The number of hydrogen-bond donors (Lipinski definition) is 0. The summed E-state index contributed by atoms with van der Waals surface area (Å²) in [5.74, 6) is 0. The molecule has 0 radical (unpaired) electrons. The summed E-state index contributed by atoms with van der Waals surface area (Å²) >= 11 is 1.60. The van der Waals surface area contributed by atoms with Crippen LogP contribution in [0.3, 0.4) is 0 Å². The predicted octanol–water partition coefficient (Wildman–Crippen LogP) is 2.55. The SMILES string of the molecule is CS(=O)c1ccc(-c2nccs2)cc1. The van der Waals surface area contributed by atoms with Crippen LogP contribution in [-0.2, 0) is 10.8 Å². The van der Waals surface area contributed by atoms with Crippen LogP contribution in [0.5, 0.6) is 0 Å². The summed E-state index contributed by atoms with van der Waals surface area (Å²) in [6.45, 7) is 0. The second-order valence-electron chi connectivity index (χ2n) is 2.82. The number of aromatic nitrogens is 1. The van der Waals surface area contributed by atoms with Crippen LogP contribution in [0.1, 0.15) is 0 Å². The molecule has 0 aliphatic carbocycles. The highest BCUT2D eigenvalue weighted by molar-refractivity contribution is 7.84. The molecule has 0 bridgehead atoms. The van der Waals surface area contributed by atoms with Crippen molar-refractivity contribution in [3.63, 3.8) is 0 Å². The average Bonchev–Trinajstić information content (AvgIpc) is 2.71. The molecule has 0 aliphatic heterocycles. The normalized spacial score (nSPS) is 12.6. The van der Waals surface area contributed by atoms with Crippen molar-refractivity contribution in [3.8, 4) is 10.6 Å². The summed E-state index contributed by atoms with van der Waals surface area (Å²) in [4.78, 5) is 5.06. The van der Waals surface area contributed by atoms with Gasteiger partial charge >= 0.3 is 0 Å². The van der Waals surface area contributed by atoms with Crippen molar-refractivity contribution < 1.29 is 4.21 Å².